The van der Waals surface area contributed by atoms with Crippen molar-refractivity contribution in [2.45, 2.75) is 32.3 Å². The molecule has 0 spiro atoms. The van der Waals surface area contributed by atoms with Gasteiger partial charge in [-0.05, 0) is 26.7 Å². The molecule has 2 saturated heterocycles. The van der Waals surface area contributed by atoms with E-state index in [1.165, 1.54) is 0 Å². The molecule has 0 aromatic carbocycles. The molecule has 0 radical (unpaired) electrons. The van der Waals surface area contributed by atoms with Gasteiger partial charge in [0.25, 0.3) is 0 Å². The van der Waals surface area contributed by atoms with Crippen LogP contribution in [0.4, 0.5) is 4.79 Å². The van der Waals surface area contributed by atoms with Gasteiger partial charge in [0.05, 0.1) is 24.7 Å². The fourth-order valence-electron chi connectivity index (χ4n) is 2.70. The summed E-state index contributed by atoms with van der Waals surface area (Å²) >= 11 is 0. The summed E-state index contributed by atoms with van der Waals surface area (Å²) in [5.74, 6) is -1.05. The van der Waals surface area contributed by atoms with E-state index < -0.39 is 5.97 Å². The van der Waals surface area contributed by atoms with Crippen LogP contribution in [0.2, 0.25) is 0 Å². The number of likely N-dealkylation sites (tertiary alicyclic amines) is 1. The zero-order chi connectivity index (χ0) is 14.0. The minimum Gasteiger partial charge on any atom is -0.481 e. The van der Waals surface area contributed by atoms with Crippen LogP contribution in [0, 0.1) is 5.92 Å². The number of nitrogens with zero attached hydrogens (tertiary/aromatic N) is 2. The molecule has 2 fully saturated rings. The lowest BCUT2D eigenvalue weighted by atomic mass is 9.97. The van der Waals surface area contributed by atoms with Gasteiger partial charge in [0, 0.05) is 19.6 Å². The van der Waals surface area contributed by atoms with Crippen molar-refractivity contribution >= 4 is 12.0 Å². The van der Waals surface area contributed by atoms with Crippen molar-refractivity contribution in [1.82, 2.24) is 9.80 Å². The maximum Gasteiger partial charge on any atom is 0.320 e. The molecule has 0 unspecified atom stereocenters. The number of amides is 2. The standard InChI is InChI=1S/C13H22N2O4/c1-13(2)9-15(7-8-19-13)12(18)14-5-3-10(4-6-14)11(16)17/h10H,3-9H2,1-2H3,(H,16,17). The molecule has 19 heavy (non-hydrogen) atoms. The van der Waals surface area contributed by atoms with Crippen molar-refractivity contribution in [2.75, 3.05) is 32.8 Å². The highest BCUT2D eigenvalue weighted by Crippen LogP contribution is 2.21. The first-order chi connectivity index (χ1) is 8.89. The highest BCUT2D eigenvalue weighted by atomic mass is 16.5. The van der Waals surface area contributed by atoms with Crippen molar-refractivity contribution < 1.29 is 19.4 Å². The van der Waals surface area contributed by atoms with Crippen LogP contribution < -0.4 is 0 Å². The Morgan fingerprint density at radius 2 is 1.79 bits per heavy atom. The van der Waals surface area contributed by atoms with E-state index in [2.05, 4.69) is 0 Å². The highest BCUT2D eigenvalue weighted by Gasteiger charge is 2.34. The van der Waals surface area contributed by atoms with E-state index in [1.54, 1.807) is 4.90 Å². The predicted octanol–water partition coefficient (Wildman–Crippen LogP) is 1.01. The second-order valence-corrected chi connectivity index (χ2v) is 5.91. The summed E-state index contributed by atoms with van der Waals surface area (Å²) < 4.78 is 5.59. The van der Waals surface area contributed by atoms with Crippen molar-refractivity contribution in [2.24, 2.45) is 5.92 Å². The van der Waals surface area contributed by atoms with Crippen LogP contribution in [0.25, 0.3) is 0 Å². The summed E-state index contributed by atoms with van der Waals surface area (Å²) in [6.45, 7) is 6.78. The lowest BCUT2D eigenvalue weighted by Crippen LogP contribution is -2.55. The smallest absolute Gasteiger partial charge is 0.320 e. The largest absolute Gasteiger partial charge is 0.481 e. The third-order valence-corrected chi connectivity index (χ3v) is 3.81. The molecule has 2 aliphatic rings. The van der Waals surface area contributed by atoms with Crippen LogP contribution in [0.3, 0.4) is 0 Å². The summed E-state index contributed by atoms with van der Waals surface area (Å²) in [7, 11) is 0. The number of hydrogen-bond donors (Lipinski definition) is 1. The Kier molecular flexibility index (Phi) is 3.99. The number of aliphatic carboxylic acids is 1. The van der Waals surface area contributed by atoms with Gasteiger partial charge in [0.2, 0.25) is 0 Å². The lowest BCUT2D eigenvalue weighted by Gasteiger charge is -2.41. The molecule has 2 amide bonds. The fourth-order valence-corrected chi connectivity index (χ4v) is 2.70. The van der Waals surface area contributed by atoms with Gasteiger partial charge in [-0.3, -0.25) is 4.79 Å². The molecule has 2 aliphatic heterocycles. The molecule has 6 nitrogen and oxygen atoms in total. The molecule has 2 rings (SSSR count). The first-order valence-electron chi connectivity index (χ1n) is 6.80. The van der Waals surface area contributed by atoms with Gasteiger partial charge < -0.3 is 19.6 Å². The van der Waals surface area contributed by atoms with Crippen LogP contribution in [-0.2, 0) is 9.53 Å². The number of ether oxygens (including phenoxy) is 1. The normalized spacial score (nSPS) is 24.3. The quantitative estimate of drug-likeness (QED) is 0.772. The molecular formula is C13H22N2O4. The van der Waals surface area contributed by atoms with E-state index in [0.717, 1.165) is 0 Å². The fraction of sp³-hybridized carbons (Fsp3) is 0.846. The zero-order valence-electron chi connectivity index (χ0n) is 11.6. The van der Waals surface area contributed by atoms with E-state index in [0.29, 0.717) is 45.6 Å². The second-order valence-electron chi connectivity index (χ2n) is 5.91. The van der Waals surface area contributed by atoms with Gasteiger partial charge in [-0.1, -0.05) is 0 Å². The van der Waals surface area contributed by atoms with E-state index in [-0.39, 0.29) is 17.6 Å². The highest BCUT2D eigenvalue weighted by molar-refractivity contribution is 5.75. The summed E-state index contributed by atoms with van der Waals surface area (Å²) in [6.07, 6.45) is 1.10. The molecule has 2 heterocycles. The molecule has 0 aromatic rings. The molecular weight excluding hydrogens is 248 g/mol. The number of carbonyl (C=O) groups excluding carboxylic acids is 1. The van der Waals surface area contributed by atoms with Crippen molar-refractivity contribution in [3.05, 3.63) is 0 Å². The number of hydrogen-bond acceptors (Lipinski definition) is 3. The Bertz CT molecular complexity index is 362. The third kappa shape index (κ3) is 3.37. The summed E-state index contributed by atoms with van der Waals surface area (Å²) in [5, 5.41) is 8.95. The van der Waals surface area contributed by atoms with Crippen LogP contribution in [-0.4, -0.2) is 65.3 Å². The number of urea groups is 1. The summed E-state index contributed by atoms with van der Waals surface area (Å²) in [6, 6.07) is 0.0141. The average Bonchev–Trinajstić information content (AvgIpc) is 2.37. The van der Waals surface area contributed by atoms with Gasteiger partial charge in [-0.15, -0.1) is 0 Å². The first-order valence-corrected chi connectivity index (χ1v) is 6.80. The van der Waals surface area contributed by atoms with Crippen LogP contribution >= 0.6 is 0 Å². The Morgan fingerprint density at radius 1 is 1.16 bits per heavy atom. The molecule has 1 N–H and O–H groups in total. The SMILES string of the molecule is CC1(C)CN(C(=O)N2CCC(C(=O)O)CC2)CCO1. The Hall–Kier alpha value is -1.30. The number of carboxylic acids is 1. The summed E-state index contributed by atoms with van der Waals surface area (Å²) in [5.41, 5.74) is -0.298. The van der Waals surface area contributed by atoms with E-state index >= 15 is 0 Å². The van der Waals surface area contributed by atoms with Crippen molar-refractivity contribution in [3.63, 3.8) is 0 Å². The third-order valence-electron chi connectivity index (χ3n) is 3.81. The van der Waals surface area contributed by atoms with Crippen LogP contribution in [0.5, 0.6) is 0 Å². The van der Waals surface area contributed by atoms with E-state index in [9.17, 15) is 9.59 Å². The van der Waals surface area contributed by atoms with Gasteiger partial charge in [-0.25, -0.2) is 4.79 Å². The number of carboxylic acid groups (broad SMARTS) is 1. The van der Waals surface area contributed by atoms with Crippen molar-refractivity contribution in [1.29, 1.82) is 0 Å². The average molecular weight is 270 g/mol. The van der Waals surface area contributed by atoms with Gasteiger partial charge in [0.15, 0.2) is 0 Å². The van der Waals surface area contributed by atoms with Gasteiger partial charge in [0.1, 0.15) is 0 Å². The zero-order valence-corrected chi connectivity index (χ0v) is 11.6. The van der Waals surface area contributed by atoms with E-state index in [1.807, 2.05) is 18.7 Å². The minimum atomic E-state index is -0.750. The number of morpholine rings is 1. The number of carbonyl (C=O) groups is 2. The monoisotopic (exact) mass is 270 g/mol. The van der Waals surface area contributed by atoms with Crippen molar-refractivity contribution in [3.8, 4) is 0 Å². The summed E-state index contributed by atoms with van der Waals surface area (Å²) in [4.78, 5) is 26.8. The number of rotatable bonds is 1. The first kappa shape index (κ1) is 14.1. The molecule has 0 atom stereocenters. The maximum atomic E-state index is 12.4. The molecule has 0 saturated carbocycles. The molecule has 0 bridgehead atoms. The molecule has 6 heteroatoms. The van der Waals surface area contributed by atoms with E-state index in [4.69, 9.17) is 9.84 Å². The van der Waals surface area contributed by atoms with Gasteiger partial charge >= 0.3 is 12.0 Å². The topological polar surface area (TPSA) is 70.1 Å². The molecule has 108 valence electrons. The second kappa shape index (κ2) is 5.36. The Morgan fingerprint density at radius 3 is 2.32 bits per heavy atom. The Labute approximate surface area is 113 Å². The number of piperidine rings is 1. The molecule has 0 aliphatic carbocycles. The minimum absolute atomic E-state index is 0.0141. The lowest BCUT2D eigenvalue weighted by molar-refractivity contribution is -0.143. The van der Waals surface area contributed by atoms with Gasteiger partial charge in [-0.2, -0.15) is 0 Å². The maximum absolute atomic E-state index is 12.4. The van der Waals surface area contributed by atoms with Crippen LogP contribution in [0.1, 0.15) is 26.7 Å². The Balaban J connectivity index is 1.89. The van der Waals surface area contributed by atoms with Crippen LogP contribution in [0.15, 0.2) is 0 Å². The molecule has 0 aromatic heterocycles. The predicted molar refractivity (Wildman–Crippen MR) is 68.9 cm³/mol.